The third-order valence-electron chi connectivity index (χ3n) is 4.76. The molecule has 7 heteroatoms. The van der Waals surface area contributed by atoms with E-state index in [1.54, 1.807) is 24.3 Å². The van der Waals surface area contributed by atoms with Gasteiger partial charge in [0.1, 0.15) is 5.75 Å². The van der Waals surface area contributed by atoms with E-state index in [1.807, 2.05) is 24.3 Å². The fourth-order valence-electron chi connectivity index (χ4n) is 3.29. The van der Waals surface area contributed by atoms with Crippen LogP contribution in [0.4, 0.5) is 4.79 Å². The molecule has 4 amide bonds. The van der Waals surface area contributed by atoms with Gasteiger partial charge in [-0.2, -0.15) is 0 Å². The first kappa shape index (κ1) is 17.1. The molecule has 2 N–H and O–H groups in total. The summed E-state index contributed by atoms with van der Waals surface area (Å²) in [6.45, 7) is 0.790. The van der Waals surface area contributed by atoms with Crippen LogP contribution in [0, 0.1) is 0 Å². The Morgan fingerprint density at radius 3 is 2.67 bits per heavy atom. The Labute approximate surface area is 156 Å². The van der Waals surface area contributed by atoms with Crippen molar-refractivity contribution in [1.29, 1.82) is 0 Å². The lowest BCUT2D eigenvalue weighted by molar-refractivity contribution is -0.125. The molecule has 1 atom stereocenters. The smallest absolute Gasteiger partial charge is 0.324 e. The number of carbonyl (C=O) groups is 3. The third-order valence-corrected chi connectivity index (χ3v) is 4.76. The summed E-state index contributed by atoms with van der Waals surface area (Å²) in [5.74, 6) is 0.385. The van der Waals surface area contributed by atoms with E-state index < -0.39 is 0 Å². The van der Waals surface area contributed by atoms with Crippen molar-refractivity contribution in [2.45, 2.75) is 19.0 Å². The van der Waals surface area contributed by atoms with Gasteiger partial charge >= 0.3 is 6.03 Å². The number of rotatable bonds is 4. The van der Waals surface area contributed by atoms with E-state index in [1.165, 1.54) is 0 Å². The van der Waals surface area contributed by atoms with Crippen LogP contribution in [0.15, 0.2) is 48.5 Å². The molecular weight excluding hydrogens is 346 g/mol. The number of imide groups is 1. The molecule has 1 saturated heterocycles. The highest BCUT2D eigenvalue weighted by Gasteiger charge is 2.28. The van der Waals surface area contributed by atoms with Crippen LogP contribution in [0.5, 0.6) is 5.75 Å². The minimum atomic E-state index is -0.389. The second-order valence-electron chi connectivity index (χ2n) is 6.54. The summed E-state index contributed by atoms with van der Waals surface area (Å²) in [6, 6.07) is 14.1. The van der Waals surface area contributed by atoms with Gasteiger partial charge in [-0.05, 0) is 23.8 Å². The maximum absolute atomic E-state index is 12.6. The van der Waals surface area contributed by atoms with Crippen molar-refractivity contribution >= 4 is 17.8 Å². The molecule has 7 nitrogen and oxygen atoms in total. The minimum absolute atomic E-state index is 0.0336. The van der Waals surface area contributed by atoms with Crippen molar-refractivity contribution in [2.75, 3.05) is 13.2 Å². The average Bonchev–Trinajstić information content (AvgIpc) is 3.01. The molecule has 138 valence electrons. The van der Waals surface area contributed by atoms with E-state index in [2.05, 4.69) is 10.6 Å². The summed E-state index contributed by atoms with van der Waals surface area (Å²) in [5.41, 5.74) is 2.29. The van der Waals surface area contributed by atoms with Crippen molar-refractivity contribution in [1.82, 2.24) is 15.5 Å². The summed E-state index contributed by atoms with van der Waals surface area (Å²) >= 11 is 0. The van der Waals surface area contributed by atoms with Crippen LogP contribution in [0.25, 0.3) is 0 Å². The van der Waals surface area contributed by atoms with Crippen LogP contribution in [-0.4, -0.2) is 35.9 Å². The second-order valence-corrected chi connectivity index (χ2v) is 6.54. The molecule has 2 aliphatic rings. The van der Waals surface area contributed by atoms with Crippen LogP contribution < -0.4 is 15.4 Å². The maximum Gasteiger partial charge on any atom is 0.324 e. The van der Waals surface area contributed by atoms with Gasteiger partial charge in [-0.1, -0.05) is 30.3 Å². The SMILES string of the molecule is O=C(N[C@@H]1CCOc2ccccc21)c1ccc(CN2C(=O)CNC2=O)cc1. The summed E-state index contributed by atoms with van der Waals surface area (Å²) in [5, 5.41) is 5.54. The van der Waals surface area contributed by atoms with E-state index in [9.17, 15) is 14.4 Å². The number of ether oxygens (including phenoxy) is 1. The van der Waals surface area contributed by atoms with Gasteiger partial charge in [-0.3, -0.25) is 14.5 Å². The van der Waals surface area contributed by atoms with Gasteiger partial charge in [-0.25, -0.2) is 4.79 Å². The average molecular weight is 365 g/mol. The molecule has 0 bridgehead atoms. The number of carbonyl (C=O) groups excluding carboxylic acids is 3. The highest BCUT2D eigenvalue weighted by Crippen LogP contribution is 2.31. The zero-order valence-electron chi connectivity index (χ0n) is 14.6. The first-order valence-electron chi connectivity index (χ1n) is 8.81. The van der Waals surface area contributed by atoms with Gasteiger partial charge in [0.15, 0.2) is 0 Å². The monoisotopic (exact) mass is 365 g/mol. The molecule has 0 saturated carbocycles. The molecule has 1 fully saturated rings. The summed E-state index contributed by atoms with van der Waals surface area (Å²) in [4.78, 5) is 37.0. The normalized spacial score (nSPS) is 18.5. The van der Waals surface area contributed by atoms with Gasteiger partial charge in [-0.15, -0.1) is 0 Å². The largest absolute Gasteiger partial charge is 0.493 e. The molecule has 0 aromatic heterocycles. The van der Waals surface area contributed by atoms with E-state index in [0.717, 1.165) is 21.8 Å². The molecule has 4 rings (SSSR count). The Hall–Kier alpha value is -3.35. The van der Waals surface area contributed by atoms with Gasteiger partial charge < -0.3 is 15.4 Å². The standard InChI is InChI=1S/C20H19N3O4/c24-18-11-21-20(26)23(18)12-13-5-7-14(8-6-13)19(25)22-16-9-10-27-17-4-2-1-3-15(16)17/h1-8,16H,9-12H2,(H,21,26)(H,22,25)/t16-/m1/s1. The Morgan fingerprint density at radius 2 is 1.93 bits per heavy atom. The fourth-order valence-corrected chi connectivity index (χ4v) is 3.29. The third kappa shape index (κ3) is 3.48. The fraction of sp³-hybridized carbons (Fsp3) is 0.250. The van der Waals surface area contributed by atoms with Crippen molar-refractivity contribution < 1.29 is 19.1 Å². The molecule has 2 aliphatic heterocycles. The van der Waals surface area contributed by atoms with Crippen molar-refractivity contribution in [3.63, 3.8) is 0 Å². The number of hydrogen-bond donors (Lipinski definition) is 2. The lowest BCUT2D eigenvalue weighted by atomic mass is 10.00. The summed E-state index contributed by atoms with van der Waals surface area (Å²) < 4.78 is 5.62. The van der Waals surface area contributed by atoms with Crippen LogP contribution in [-0.2, 0) is 11.3 Å². The van der Waals surface area contributed by atoms with E-state index in [-0.39, 0.29) is 37.0 Å². The van der Waals surface area contributed by atoms with Crippen LogP contribution in [0.3, 0.4) is 0 Å². The van der Waals surface area contributed by atoms with E-state index >= 15 is 0 Å². The molecule has 2 aromatic rings. The lowest BCUT2D eigenvalue weighted by Gasteiger charge is -2.26. The predicted molar refractivity (Wildman–Crippen MR) is 97.2 cm³/mol. The number of amides is 4. The number of benzene rings is 2. The Kier molecular flexibility index (Phi) is 4.50. The van der Waals surface area contributed by atoms with Gasteiger partial charge in [0.25, 0.3) is 5.91 Å². The number of nitrogens with one attached hydrogen (secondary N) is 2. The number of hydrogen-bond acceptors (Lipinski definition) is 4. The summed E-state index contributed by atoms with van der Waals surface area (Å²) in [6.07, 6.45) is 0.715. The van der Waals surface area contributed by atoms with Gasteiger partial charge in [0.2, 0.25) is 5.91 Å². The molecule has 0 unspecified atom stereocenters. The molecule has 0 aliphatic carbocycles. The Balaban J connectivity index is 1.43. The zero-order valence-corrected chi connectivity index (χ0v) is 14.6. The first-order chi connectivity index (χ1) is 13.1. The molecule has 2 heterocycles. The van der Waals surface area contributed by atoms with Gasteiger partial charge in [0.05, 0.1) is 25.7 Å². The van der Waals surface area contributed by atoms with Crippen molar-refractivity contribution in [3.05, 3.63) is 65.2 Å². The number of fused-ring (bicyclic) bond motifs is 1. The van der Waals surface area contributed by atoms with Gasteiger partial charge in [0, 0.05) is 17.5 Å². The van der Waals surface area contributed by atoms with E-state index in [0.29, 0.717) is 18.6 Å². The number of urea groups is 1. The minimum Gasteiger partial charge on any atom is -0.493 e. The summed E-state index contributed by atoms with van der Waals surface area (Å²) in [7, 11) is 0. The molecule has 2 aromatic carbocycles. The van der Waals surface area contributed by atoms with E-state index in [4.69, 9.17) is 4.74 Å². The van der Waals surface area contributed by atoms with Crippen LogP contribution in [0.1, 0.15) is 33.9 Å². The Bertz CT molecular complexity index is 878. The van der Waals surface area contributed by atoms with Crippen LogP contribution in [0.2, 0.25) is 0 Å². The molecule has 0 radical (unpaired) electrons. The highest BCUT2D eigenvalue weighted by atomic mass is 16.5. The van der Waals surface area contributed by atoms with Crippen molar-refractivity contribution in [2.24, 2.45) is 0 Å². The maximum atomic E-state index is 12.6. The number of para-hydroxylation sites is 1. The lowest BCUT2D eigenvalue weighted by Crippen LogP contribution is -2.32. The second kappa shape index (κ2) is 7.11. The highest BCUT2D eigenvalue weighted by molar-refractivity contribution is 6.01. The van der Waals surface area contributed by atoms with Crippen molar-refractivity contribution in [3.8, 4) is 5.75 Å². The molecule has 27 heavy (non-hydrogen) atoms. The Morgan fingerprint density at radius 1 is 1.15 bits per heavy atom. The van der Waals surface area contributed by atoms with Crippen LogP contribution >= 0.6 is 0 Å². The first-order valence-corrected chi connectivity index (χ1v) is 8.81. The quantitative estimate of drug-likeness (QED) is 0.811. The number of nitrogens with zero attached hydrogens (tertiary/aromatic N) is 1. The predicted octanol–water partition coefficient (Wildman–Crippen LogP) is 1.99. The topological polar surface area (TPSA) is 87.7 Å². The molecular formula is C20H19N3O4. The zero-order chi connectivity index (χ0) is 18.8. The molecule has 0 spiro atoms.